The van der Waals surface area contributed by atoms with Gasteiger partial charge in [-0.2, -0.15) is 0 Å². The molecule has 0 bridgehead atoms. The molecule has 1 aliphatic rings. The van der Waals surface area contributed by atoms with Gasteiger partial charge in [0, 0.05) is 19.6 Å². The van der Waals surface area contributed by atoms with Crippen molar-refractivity contribution in [2.45, 2.75) is 26.7 Å². The highest BCUT2D eigenvalue weighted by atomic mass is 16.5. The molecule has 1 N–H and O–H groups in total. The van der Waals surface area contributed by atoms with Crippen molar-refractivity contribution < 1.29 is 14.3 Å². The van der Waals surface area contributed by atoms with E-state index in [0.29, 0.717) is 37.9 Å². The summed E-state index contributed by atoms with van der Waals surface area (Å²) in [5, 5.41) is 2.73. The largest absolute Gasteiger partial charge is 0.497 e. The van der Waals surface area contributed by atoms with Gasteiger partial charge in [0.25, 0.3) is 0 Å². The molecule has 2 atom stereocenters. The van der Waals surface area contributed by atoms with E-state index in [0.717, 1.165) is 17.7 Å². The van der Waals surface area contributed by atoms with Crippen LogP contribution in [-0.4, -0.2) is 43.5 Å². The van der Waals surface area contributed by atoms with Gasteiger partial charge in [0.15, 0.2) is 0 Å². The third-order valence-electron chi connectivity index (χ3n) is 4.21. The van der Waals surface area contributed by atoms with E-state index >= 15 is 0 Å². The second-order valence-corrected chi connectivity index (χ2v) is 6.51. The molecule has 2 rings (SSSR count). The summed E-state index contributed by atoms with van der Waals surface area (Å²) in [6.45, 7) is 6.05. The van der Waals surface area contributed by atoms with E-state index in [2.05, 4.69) is 19.2 Å². The monoisotopic (exact) mass is 318 g/mol. The Morgan fingerprint density at radius 1 is 1.17 bits per heavy atom. The molecule has 0 spiro atoms. The fourth-order valence-electron chi connectivity index (χ4n) is 3.16. The van der Waals surface area contributed by atoms with E-state index in [1.807, 2.05) is 24.3 Å². The average molecular weight is 318 g/mol. The lowest BCUT2D eigenvalue weighted by Crippen LogP contribution is -2.49. The van der Waals surface area contributed by atoms with Crippen molar-refractivity contribution in [1.82, 2.24) is 10.2 Å². The smallest absolute Gasteiger partial charge is 0.311 e. The van der Waals surface area contributed by atoms with Crippen molar-refractivity contribution in [3.63, 3.8) is 0 Å². The summed E-state index contributed by atoms with van der Waals surface area (Å²) in [6, 6.07) is 7.69. The fourth-order valence-corrected chi connectivity index (χ4v) is 3.16. The number of ether oxygens (including phenoxy) is 1. The van der Waals surface area contributed by atoms with Gasteiger partial charge < -0.3 is 15.0 Å². The Bertz CT molecular complexity index is 532. The number of nitrogens with zero attached hydrogens (tertiary/aromatic N) is 1. The van der Waals surface area contributed by atoms with Gasteiger partial charge in [0.1, 0.15) is 5.75 Å². The Balaban J connectivity index is 1.78. The van der Waals surface area contributed by atoms with E-state index in [-0.39, 0.29) is 0 Å². The fraction of sp³-hybridized carbons (Fsp3) is 0.556. The van der Waals surface area contributed by atoms with Crippen LogP contribution in [0.2, 0.25) is 0 Å². The number of benzene rings is 1. The van der Waals surface area contributed by atoms with E-state index in [4.69, 9.17) is 4.74 Å². The molecule has 2 unspecified atom stereocenters. The molecule has 1 aromatic rings. The Hall–Kier alpha value is -2.04. The van der Waals surface area contributed by atoms with E-state index < -0.39 is 11.8 Å². The summed E-state index contributed by atoms with van der Waals surface area (Å²) in [7, 11) is 1.63. The summed E-state index contributed by atoms with van der Waals surface area (Å²) >= 11 is 0. The van der Waals surface area contributed by atoms with Crippen LogP contribution in [0.3, 0.4) is 0 Å². The van der Waals surface area contributed by atoms with Crippen molar-refractivity contribution >= 4 is 11.8 Å². The van der Waals surface area contributed by atoms with Gasteiger partial charge in [-0.3, -0.25) is 9.59 Å². The van der Waals surface area contributed by atoms with Crippen LogP contribution >= 0.6 is 0 Å². The van der Waals surface area contributed by atoms with Crippen molar-refractivity contribution in [3.8, 4) is 5.75 Å². The molecule has 1 saturated heterocycles. The second-order valence-electron chi connectivity index (χ2n) is 6.51. The van der Waals surface area contributed by atoms with Gasteiger partial charge in [-0.25, -0.2) is 0 Å². The first kappa shape index (κ1) is 17.3. The Morgan fingerprint density at radius 2 is 1.78 bits per heavy atom. The van der Waals surface area contributed by atoms with Crippen LogP contribution in [0, 0.1) is 11.8 Å². The van der Waals surface area contributed by atoms with Crippen molar-refractivity contribution in [1.29, 1.82) is 0 Å². The summed E-state index contributed by atoms with van der Waals surface area (Å²) in [4.78, 5) is 25.9. The Morgan fingerprint density at radius 3 is 2.35 bits per heavy atom. The first-order valence-electron chi connectivity index (χ1n) is 8.19. The lowest BCUT2D eigenvalue weighted by molar-refractivity contribution is -0.147. The molecule has 5 nitrogen and oxygen atoms in total. The summed E-state index contributed by atoms with van der Waals surface area (Å²) in [5.74, 6) is 0.809. The normalized spacial score (nSPS) is 20.9. The van der Waals surface area contributed by atoms with E-state index in [9.17, 15) is 9.59 Å². The first-order chi connectivity index (χ1) is 11.0. The van der Waals surface area contributed by atoms with Crippen LogP contribution in [-0.2, 0) is 16.0 Å². The van der Waals surface area contributed by atoms with Crippen LogP contribution in [0.5, 0.6) is 5.75 Å². The minimum atomic E-state index is -0.500. The highest BCUT2D eigenvalue weighted by Crippen LogP contribution is 2.20. The minimum Gasteiger partial charge on any atom is -0.497 e. The number of rotatable bonds is 4. The Kier molecular flexibility index (Phi) is 6.02. The molecule has 0 aliphatic carbocycles. The van der Waals surface area contributed by atoms with Crippen LogP contribution in [0.15, 0.2) is 24.3 Å². The standard InChI is InChI=1S/C18H26N2O3/c1-13-10-14(2)12-20(11-13)18(22)17(21)19-9-8-15-4-6-16(23-3)7-5-15/h4-7,13-14H,8-12H2,1-3H3,(H,19,21). The molecule has 23 heavy (non-hydrogen) atoms. The number of nitrogens with one attached hydrogen (secondary N) is 1. The highest BCUT2D eigenvalue weighted by Gasteiger charge is 2.28. The predicted octanol–water partition coefficient (Wildman–Crippen LogP) is 1.86. The van der Waals surface area contributed by atoms with Crippen molar-refractivity contribution in [2.24, 2.45) is 11.8 Å². The van der Waals surface area contributed by atoms with Gasteiger partial charge in [-0.05, 0) is 42.4 Å². The van der Waals surface area contributed by atoms with Crippen LogP contribution in [0.4, 0.5) is 0 Å². The average Bonchev–Trinajstić information content (AvgIpc) is 2.53. The third kappa shape index (κ3) is 4.98. The molecule has 1 aromatic carbocycles. The molecule has 126 valence electrons. The number of carbonyl (C=O) groups is 2. The summed E-state index contributed by atoms with van der Waals surface area (Å²) in [6.07, 6.45) is 1.80. The lowest BCUT2D eigenvalue weighted by atomic mass is 9.92. The van der Waals surface area contributed by atoms with Gasteiger partial charge in [-0.1, -0.05) is 26.0 Å². The predicted molar refractivity (Wildman–Crippen MR) is 89.2 cm³/mol. The zero-order chi connectivity index (χ0) is 16.8. The summed E-state index contributed by atoms with van der Waals surface area (Å²) < 4.78 is 5.11. The third-order valence-corrected chi connectivity index (χ3v) is 4.21. The maximum absolute atomic E-state index is 12.2. The van der Waals surface area contributed by atoms with Gasteiger partial charge in [0.2, 0.25) is 0 Å². The molecule has 1 heterocycles. The minimum absolute atomic E-state index is 0.405. The number of amides is 2. The molecular formula is C18H26N2O3. The Labute approximate surface area is 138 Å². The second kappa shape index (κ2) is 7.99. The van der Waals surface area contributed by atoms with Gasteiger partial charge in [-0.15, -0.1) is 0 Å². The number of methoxy groups -OCH3 is 1. The maximum atomic E-state index is 12.2. The molecule has 0 radical (unpaired) electrons. The van der Waals surface area contributed by atoms with E-state index in [1.54, 1.807) is 12.0 Å². The van der Waals surface area contributed by atoms with Crippen LogP contribution in [0.1, 0.15) is 25.8 Å². The molecule has 2 amide bonds. The number of likely N-dealkylation sites (tertiary alicyclic amines) is 1. The first-order valence-corrected chi connectivity index (χ1v) is 8.19. The topological polar surface area (TPSA) is 58.6 Å². The van der Waals surface area contributed by atoms with Gasteiger partial charge >= 0.3 is 11.8 Å². The SMILES string of the molecule is COc1ccc(CCNC(=O)C(=O)N2CC(C)CC(C)C2)cc1. The zero-order valence-corrected chi connectivity index (χ0v) is 14.2. The number of piperidine rings is 1. The van der Waals surface area contributed by atoms with Crippen LogP contribution in [0.25, 0.3) is 0 Å². The highest BCUT2D eigenvalue weighted by molar-refractivity contribution is 6.35. The van der Waals surface area contributed by atoms with Crippen molar-refractivity contribution in [2.75, 3.05) is 26.7 Å². The molecule has 1 fully saturated rings. The molecule has 1 aliphatic heterocycles. The quantitative estimate of drug-likeness (QED) is 0.862. The number of carbonyl (C=O) groups excluding carboxylic acids is 2. The summed E-state index contributed by atoms with van der Waals surface area (Å²) in [5.41, 5.74) is 1.10. The van der Waals surface area contributed by atoms with Crippen molar-refractivity contribution in [3.05, 3.63) is 29.8 Å². The number of hydrogen-bond acceptors (Lipinski definition) is 3. The van der Waals surface area contributed by atoms with Gasteiger partial charge in [0.05, 0.1) is 7.11 Å². The number of hydrogen-bond donors (Lipinski definition) is 1. The van der Waals surface area contributed by atoms with Crippen LogP contribution < -0.4 is 10.1 Å². The lowest BCUT2D eigenvalue weighted by Gasteiger charge is -2.34. The molecular weight excluding hydrogens is 292 g/mol. The molecule has 5 heteroatoms. The van der Waals surface area contributed by atoms with E-state index in [1.165, 1.54) is 0 Å². The molecule has 0 saturated carbocycles. The molecule has 0 aromatic heterocycles. The maximum Gasteiger partial charge on any atom is 0.311 e. The zero-order valence-electron chi connectivity index (χ0n) is 14.2.